The zero-order valence-electron chi connectivity index (χ0n) is 39.9. The van der Waals surface area contributed by atoms with E-state index in [9.17, 15) is 28.4 Å². The van der Waals surface area contributed by atoms with Crippen LogP contribution in [0.1, 0.15) is 119 Å². The van der Waals surface area contributed by atoms with Crippen molar-refractivity contribution in [3.8, 4) is 11.5 Å². The minimum atomic E-state index is -4.57. The standard InChI is InChI=1S/C52H66N8O7S/c1-34(2)42-8-6-7-9-43(42)47-33-58(35(3)4)24-25-59(47)39-29-52(30-39)19-22-57(23-20-52)38-10-12-44(48(27-38)67-40-26-37-16-21-53-49(37)55-32-40)50(61)56-68(65,66)41-11-13-45(46(28-41)60(63)64)54-31-36-14-17-51(5,62)18-15-36/h6-13,16,21,26-28,32,34-36,39,47,54,62H,14-15,17-20,22-25,29-31,33H2,1-5H3,(H,53,55)(H,56,61)/t36-,47-,51-/m0/s1. The van der Waals surface area contributed by atoms with Crippen LogP contribution < -0.4 is 19.7 Å². The van der Waals surface area contributed by atoms with E-state index in [0.29, 0.717) is 54.8 Å². The largest absolute Gasteiger partial charge is 0.455 e. The number of ether oxygens (including phenoxy) is 1. The predicted octanol–water partition coefficient (Wildman–Crippen LogP) is 9.37. The monoisotopic (exact) mass is 946 g/mol. The molecule has 4 aliphatic rings. The highest BCUT2D eigenvalue weighted by atomic mass is 32.2. The van der Waals surface area contributed by atoms with Crippen molar-refractivity contribution in [1.82, 2.24) is 24.5 Å². The van der Waals surface area contributed by atoms with E-state index in [4.69, 9.17) is 4.74 Å². The number of nitrogens with zero attached hydrogens (tertiary/aromatic N) is 5. The summed E-state index contributed by atoms with van der Waals surface area (Å²) in [5.74, 6) is 0.236. The summed E-state index contributed by atoms with van der Waals surface area (Å²) < 4.78 is 36.1. The molecular formula is C52H66N8O7S. The van der Waals surface area contributed by atoms with Crippen LogP contribution in [0.2, 0.25) is 0 Å². The van der Waals surface area contributed by atoms with Gasteiger partial charge in [-0.2, -0.15) is 0 Å². The predicted molar refractivity (Wildman–Crippen MR) is 265 cm³/mol. The molecule has 4 heterocycles. The normalized spacial score (nSPS) is 22.7. The molecule has 5 aromatic rings. The number of aromatic amines is 1. The summed E-state index contributed by atoms with van der Waals surface area (Å²) in [5, 5.41) is 26.4. The number of H-pyrrole nitrogens is 1. The summed E-state index contributed by atoms with van der Waals surface area (Å²) in [6.45, 7) is 16.3. The Bertz CT molecular complexity index is 2750. The molecule has 2 saturated carbocycles. The molecule has 4 fully saturated rings. The van der Waals surface area contributed by atoms with E-state index in [2.05, 4.69) is 86.7 Å². The average Bonchev–Trinajstić information content (AvgIpc) is 3.78. The number of nitro benzene ring substituents is 1. The molecule has 1 spiro atoms. The van der Waals surface area contributed by atoms with Crippen molar-refractivity contribution in [2.45, 2.75) is 121 Å². The lowest BCUT2D eigenvalue weighted by molar-refractivity contribution is -0.384. The van der Waals surface area contributed by atoms with Gasteiger partial charge < -0.3 is 25.0 Å². The molecule has 0 bridgehead atoms. The van der Waals surface area contributed by atoms with Crippen LogP contribution in [-0.2, 0) is 10.0 Å². The fourth-order valence-corrected chi connectivity index (χ4v) is 12.2. The molecule has 2 aliphatic carbocycles. The molecule has 2 aromatic heterocycles. The molecule has 4 N–H and O–H groups in total. The second-order valence-electron chi connectivity index (χ2n) is 20.7. The zero-order valence-corrected chi connectivity index (χ0v) is 40.7. The summed E-state index contributed by atoms with van der Waals surface area (Å²) in [6, 6.07) is 22.8. The van der Waals surface area contributed by atoms with E-state index in [1.165, 1.54) is 36.1 Å². The summed E-state index contributed by atoms with van der Waals surface area (Å²) in [6.07, 6.45) is 10.5. The topological polar surface area (TPSA) is 186 Å². The number of fused-ring (bicyclic) bond motifs is 1. The fourth-order valence-electron chi connectivity index (χ4n) is 11.2. The number of aromatic nitrogens is 2. The fraction of sp³-hybridized carbons (Fsp3) is 0.500. The Morgan fingerprint density at radius 1 is 0.971 bits per heavy atom. The molecule has 16 heteroatoms. The van der Waals surface area contributed by atoms with Gasteiger partial charge in [0.15, 0.2) is 0 Å². The van der Waals surface area contributed by atoms with Crippen molar-refractivity contribution in [2.75, 3.05) is 49.5 Å². The van der Waals surface area contributed by atoms with E-state index in [1.807, 2.05) is 19.1 Å². The number of hydrogen-bond acceptors (Lipinski definition) is 12. The molecule has 3 aromatic carbocycles. The number of pyridine rings is 1. The van der Waals surface area contributed by atoms with Crippen molar-refractivity contribution in [3.63, 3.8) is 0 Å². The van der Waals surface area contributed by atoms with E-state index in [0.717, 1.165) is 75.5 Å². The first-order valence-electron chi connectivity index (χ1n) is 24.4. The Balaban J connectivity index is 0.900. The molecule has 362 valence electrons. The van der Waals surface area contributed by atoms with Gasteiger partial charge in [-0.05, 0) is 137 Å². The number of piperidine rings is 1. The Hall–Kier alpha value is -5.55. The molecule has 2 aliphatic heterocycles. The number of amides is 1. The van der Waals surface area contributed by atoms with Crippen LogP contribution in [0.3, 0.4) is 0 Å². The second kappa shape index (κ2) is 19.1. The number of hydrogen-bond donors (Lipinski definition) is 4. The maximum atomic E-state index is 14.0. The van der Waals surface area contributed by atoms with Crippen LogP contribution in [0.15, 0.2) is 90.1 Å². The highest BCUT2D eigenvalue weighted by Gasteiger charge is 2.50. The number of nitrogens with one attached hydrogen (secondary N) is 3. The van der Waals surface area contributed by atoms with Gasteiger partial charge in [-0.3, -0.25) is 24.7 Å². The Morgan fingerprint density at radius 3 is 2.44 bits per heavy atom. The van der Waals surface area contributed by atoms with Gasteiger partial charge in [0, 0.05) is 86.8 Å². The van der Waals surface area contributed by atoms with Gasteiger partial charge >= 0.3 is 0 Å². The first kappa shape index (κ1) is 47.5. The number of anilines is 2. The number of rotatable bonds is 14. The molecule has 1 atom stereocenters. The van der Waals surface area contributed by atoms with Gasteiger partial charge in [0.05, 0.1) is 27.2 Å². The lowest BCUT2D eigenvalue weighted by Gasteiger charge is -2.58. The molecule has 0 unspecified atom stereocenters. The number of sulfonamides is 1. The molecule has 1 amide bonds. The second-order valence-corrected chi connectivity index (χ2v) is 22.4. The van der Waals surface area contributed by atoms with Crippen molar-refractivity contribution in [3.05, 3.63) is 112 Å². The summed E-state index contributed by atoms with van der Waals surface area (Å²) in [7, 11) is -4.57. The van der Waals surface area contributed by atoms with Crippen LogP contribution in [0.4, 0.5) is 17.1 Å². The summed E-state index contributed by atoms with van der Waals surface area (Å²) in [4.78, 5) is 40.5. The maximum Gasteiger partial charge on any atom is 0.293 e. The molecular weight excluding hydrogens is 881 g/mol. The lowest BCUT2D eigenvalue weighted by atomic mass is 9.59. The minimum Gasteiger partial charge on any atom is -0.455 e. The Labute approximate surface area is 399 Å². The number of benzene rings is 3. The van der Waals surface area contributed by atoms with Crippen LogP contribution in [0.25, 0.3) is 11.0 Å². The Morgan fingerprint density at radius 2 is 1.72 bits per heavy atom. The van der Waals surface area contributed by atoms with E-state index < -0.39 is 37.0 Å². The first-order valence-corrected chi connectivity index (χ1v) is 25.9. The number of nitro groups is 1. The van der Waals surface area contributed by atoms with Gasteiger partial charge in [-0.15, -0.1) is 0 Å². The highest BCUT2D eigenvalue weighted by molar-refractivity contribution is 7.90. The van der Waals surface area contributed by atoms with Gasteiger partial charge in [0.1, 0.15) is 22.8 Å². The van der Waals surface area contributed by atoms with Gasteiger partial charge in [-0.1, -0.05) is 38.1 Å². The van der Waals surface area contributed by atoms with Crippen molar-refractivity contribution < 1.29 is 28.0 Å². The minimum absolute atomic E-state index is 0.0211. The third kappa shape index (κ3) is 10.1. The van der Waals surface area contributed by atoms with E-state index in [-0.39, 0.29) is 28.3 Å². The molecule has 0 radical (unpaired) electrons. The van der Waals surface area contributed by atoms with E-state index >= 15 is 0 Å². The molecule has 2 saturated heterocycles. The summed E-state index contributed by atoms with van der Waals surface area (Å²) in [5.41, 5.74) is 3.72. The molecule has 68 heavy (non-hydrogen) atoms. The molecule has 15 nitrogen and oxygen atoms in total. The van der Waals surface area contributed by atoms with Crippen molar-refractivity contribution >= 4 is 44.0 Å². The van der Waals surface area contributed by atoms with Gasteiger partial charge in [0.25, 0.3) is 21.6 Å². The average molecular weight is 947 g/mol. The Kier molecular flexibility index (Phi) is 13.3. The third-order valence-electron chi connectivity index (χ3n) is 15.4. The number of carbonyl (C=O) groups is 1. The van der Waals surface area contributed by atoms with Crippen LogP contribution in [0, 0.1) is 21.4 Å². The zero-order chi connectivity index (χ0) is 48.0. The number of carbonyl (C=O) groups excluding carboxylic acids is 1. The number of piperazine rings is 1. The molecule has 9 rings (SSSR count). The maximum absolute atomic E-state index is 14.0. The first-order chi connectivity index (χ1) is 32.5. The van der Waals surface area contributed by atoms with Crippen molar-refractivity contribution in [2.24, 2.45) is 11.3 Å². The van der Waals surface area contributed by atoms with Crippen LogP contribution in [-0.4, -0.2) is 101 Å². The highest BCUT2D eigenvalue weighted by Crippen LogP contribution is 2.53. The number of aliphatic hydroxyl groups is 1. The smallest absolute Gasteiger partial charge is 0.293 e. The van der Waals surface area contributed by atoms with Crippen LogP contribution >= 0.6 is 0 Å². The van der Waals surface area contributed by atoms with Gasteiger partial charge in [0.2, 0.25) is 0 Å². The van der Waals surface area contributed by atoms with Crippen molar-refractivity contribution in [1.29, 1.82) is 0 Å². The third-order valence-corrected chi connectivity index (χ3v) is 16.8. The quantitative estimate of drug-likeness (QED) is 0.0612. The van der Waals surface area contributed by atoms with E-state index in [1.54, 1.807) is 30.6 Å². The lowest BCUT2D eigenvalue weighted by Crippen LogP contribution is -2.60. The van der Waals surface area contributed by atoms with Gasteiger partial charge in [-0.25, -0.2) is 18.1 Å². The van der Waals surface area contributed by atoms with Crippen LogP contribution in [0.5, 0.6) is 11.5 Å². The SMILES string of the molecule is CC(C)c1ccccc1[C@@H]1CN(C(C)C)CCN1C1CC2(CCN(c3ccc(C(=O)NS(=O)(=O)c4ccc(NC[C@H]5CC[C@](C)(O)CC5)c([N+](=O)[O-])c4)c(Oc4cnc5[nH]ccc5c4)c3)CC2)C1. The summed E-state index contributed by atoms with van der Waals surface area (Å²) >= 11 is 0.